The summed E-state index contributed by atoms with van der Waals surface area (Å²) in [4.78, 5) is 30.9. The minimum Gasteiger partial charge on any atom is -0.357 e. The van der Waals surface area contributed by atoms with Crippen molar-refractivity contribution in [3.8, 4) is 0 Å². The van der Waals surface area contributed by atoms with Gasteiger partial charge in [0, 0.05) is 51.1 Å². The Hall–Kier alpha value is -3.35. The Morgan fingerprint density at radius 3 is 2.65 bits per heavy atom. The first-order chi connectivity index (χ1) is 15.1. The standard InChI is InChI=1S/C24H31N5O2/c1-3-25-24(26-14-13-23(31)29(2)17-18-9-5-4-6-10-18)27-16-19-15-22(30)28-21-12-8-7-11-20(19)21/h4-12,19H,3,13-17H2,1-2H3,(H,28,30)(H2,25,26,27). The fourth-order valence-electron chi connectivity index (χ4n) is 3.63. The zero-order valence-electron chi connectivity index (χ0n) is 18.2. The lowest BCUT2D eigenvalue weighted by atomic mass is 9.91. The summed E-state index contributed by atoms with van der Waals surface area (Å²) in [5.41, 5.74) is 3.08. The fraction of sp³-hybridized carbons (Fsp3) is 0.375. The van der Waals surface area contributed by atoms with Gasteiger partial charge in [0.15, 0.2) is 5.96 Å². The van der Waals surface area contributed by atoms with Gasteiger partial charge in [0.05, 0.1) is 6.54 Å². The Kier molecular flexibility index (Phi) is 8.04. The van der Waals surface area contributed by atoms with Crippen molar-refractivity contribution in [3.63, 3.8) is 0 Å². The van der Waals surface area contributed by atoms with E-state index in [0.29, 0.717) is 38.4 Å². The molecule has 1 atom stereocenters. The van der Waals surface area contributed by atoms with Crippen LogP contribution in [0.4, 0.5) is 5.69 Å². The summed E-state index contributed by atoms with van der Waals surface area (Å²) in [6.07, 6.45) is 0.797. The maximum atomic E-state index is 12.4. The van der Waals surface area contributed by atoms with Gasteiger partial charge >= 0.3 is 0 Å². The molecule has 3 rings (SSSR count). The highest BCUT2D eigenvalue weighted by Gasteiger charge is 2.24. The molecular formula is C24H31N5O2. The van der Waals surface area contributed by atoms with Gasteiger partial charge < -0.3 is 20.9 Å². The third-order valence-corrected chi connectivity index (χ3v) is 5.24. The molecule has 1 unspecified atom stereocenters. The van der Waals surface area contributed by atoms with Gasteiger partial charge in [-0.05, 0) is 24.1 Å². The molecule has 31 heavy (non-hydrogen) atoms. The van der Waals surface area contributed by atoms with E-state index >= 15 is 0 Å². The molecule has 0 spiro atoms. The van der Waals surface area contributed by atoms with Crippen LogP contribution in [0.2, 0.25) is 0 Å². The molecule has 3 N–H and O–H groups in total. The van der Waals surface area contributed by atoms with E-state index in [1.807, 2.05) is 68.6 Å². The largest absolute Gasteiger partial charge is 0.357 e. The van der Waals surface area contributed by atoms with Crippen molar-refractivity contribution in [2.45, 2.75) is 32.2 Å². The Labute approximate surface area is 183 Å². The van der Waals surface area contributed by atoms with E-state index in [1.54, 1.807) is 4.90 Å². The van der Waals surface area contributed by atoms with Gasteiger partial charge in [-0.2, -0.15) is 0 Å². The number of carbonyl (C=O) groups excluding carboxylic acids is 2. The number of amides is 2. The van der Waals surface area contributed by atoms with Crippen molar-refractivity contribution in [1.29, 1.82) is 0 Å². The van der Waals surface area contributed by atoms with Crippen LogP contribution in [0.15, 0.2) is 59.6 Å². The minimum atomic E-state index is 0.0175. The molecule has 1 aliphatic rings. The molecule has 0 aromatic heterocycles. The van der Waals surface area contributed by atoms with Crippen LogP contribution in [-0.4, -0.2) is 49.4 Å². The van der Waals surface area contributed by atoms with Gasteiger partial charge in [0.1, 0.15) is 0 Å². The molecule has 0 radical (unpaired) electrons. The maximum Gasteiger partial charge on any atom is 0.225 e. The van der Waals surface area contributed by atoms with E-state index < -0.39 is 0 Å². The van der Waals surface area contributed by atoms with Crippen molar-refractivity contribution in [2.75, 3.05) is 32.0 Å². The predicted octanol–water partition coefficient (Wildman–Crippen LogP) is 2.72. The summed E-state index contributed by atoms with van der Waals surface area (Å²) < 4.78 is 0. The molecule has 0 saturated carbocycles. The van der Waals surface area contributed by atoms with Crippen LogP contribution in [0.3, 0.4) is 0 Å². The number of para-hydroxylation sites is 1. The topological polar surface area (TPSA) is 85.8 Å². The highest BCUT2D eigenvalue weighted by molar-refractivity contribution is 5.94. The quantitative estimate of drug-likeness (QED) is 0.452. The summed E-state index contributed by atoms with van der Waals surface area (Å²) in [5, 5.41) is 9.37. The Morgan fingerprint density at radius 2 is 1.87 bits per heavy atom. The van der Waals surface area contributed by atoms with E-state index in [2.05, 4.69) is 20.9 Å². The SMILES string of the molecule is CCNC(=NCC1CC(=O)Nc2ccccc21)NCCC(=O)N(C)Cc1ccccc1. The molecule has 2 aromatic carbocycles. The second kappa shape index (κ2) is 11.2. The molecule has 2 aromatic rings. The molecule has 164 valence electrons. The number of rotatable bonds is 8. The van der Waals surface area contributed by atoms with Crippen LogP contribution < -0.4 is 16.0 Å². The molecule has 0 bridgehead atoms. The second-order valence-corrected chi connectivity index (χ2v) is 7.67. The number of anilines is 1. The van der Waals surface area contributed by atoms with Crippen molar-refractivity contribution < 1.29 is 9.59 Å². The number of benzene rings is 2. The van der Waals surface area contributed by atoms with E-state index in [4.69, 9.17) is 0 Å². The number of nitrogens with zero attached hydrogens (tertiary/aromatic N) is 2. The lowest BCUT2D eigenvalue weighted by Crippen LogP contribution is -2.40. The lowest BCUT2D eigenvalue weighted by Gasteiger charge is -2.24. The molecule has 1 heterocycles. The molecule has 7 nitrogen and oxygen atoms in total. The molecule has 0 saturated heterocycles. The van der Waals surface area contributed by atoms with Crippen LogP contribution >= 0.6 is 0 Å². The zero-order valence-corrected chi connectivity index (χ0v) is 18.2. The van der Waals surface area contributed by atoms with E-state index in [-0.39, 0.29) is 17.7 Å². The first kappa shape index (κ1) is 22.3. The third kappa shape index (κ3) is 6.57. The zero-order chi connectivity index (χ0) is 22.1. The summed E-state index contributed by atoms with van der Waals surface area (Å²) >= 11 is 0. The number of nitrogens with one attached hydrogen (secondary N) is 3. The third-order valence-electron chi connectivity index (χ3n) is 5.24. The lowest BCUT2D eigenvalue weighted by molar-refractivity contribution is -0.130. The first-order valence-electron chi connectivity index (χ1n) is 10.8. The highest BCUT2D eigenvalue weighted by Crippen LogP contribution is 2.31. The number of fused-ring (bicyclic) bond motifs is 1. The van der Waals surface area contributed by atoms with Gasteiger partial charge in [-0.3, -0.25) is 14.6 Å². The summed E-state index contributed by atoms with van der Waals surface area (Å²) in [5.74, 6) is 0.789. The van der Waals surface area contributed by atoms with Crippen molar-refractivity contribution in [3.05, 3.63) is 65.7 Å². The van der Waals surface area contributed by atoms with Gasteiger partial charge in [-0.1, -0.05) is 48.5 Å². The monoisotopic (exact) mass is 421 g/mol. The number of guanidine groups is 1. The van der Waals surface area contributed by atoms with E-state index in [9.17, 15) is 9.59 Å². The Bertz CT molecular complexity index is 913. The van der Waals surface area contributed by atoms with Crippen molar-refractivity contribution >= 4 is 23.5 Å². The van der Waals surface area contributed by atoms with Crippen LogP contribution in [0.1, 0.15) is 36.8 Å². The van der Waals surface area contributed by atoms with Crippen molar-refractivity contribution in [1.82, 2.24) is 15.5 Å². The predicted molar refractivity (Wildman–Crippen MR) is 124 cm³/mol. The smallest absolute Gasteiger partial charge is 0.225 e. The second-order valence-electron chi connectivity index (χ2n) is 7.67. The average molecular weight is 422 g/mol. The van der Waals surface area contributed by atoms with Gasteiger partial charge in [0.25, 0.3) is 0 Å². The van der Waals surface area contributed by atoms with Gasteiger partial charge in [-0.15, -0.1) is 0 Å². The molecule has 0 fully saturated rings. The Morgan fingerprint density at radius 1 is 1.13 bits per heavy atom. The highest BCUT2D eigenvalue weighted by atomic mass is 16.2. The maximum absolute atomic E-state index is 12.4. The van der Waals surface area contributed by atoms with Crippen LogP contribution in [0.25, 0.3) is 0 Å². The number of hydrogen-bond acceptors (Lipinski definition) is 3. The molecule has 1 aliphatic heterocycles. The molecule has 0 aliphatic carbocycles. The van der Waals surface area contributed by atoms with Gasteiger partial charge in [0.2, 0.25) is 11.8 Å². The number of hydrogen-bond donors (Lipinski definition) is 3. The molecule has 7 heteroatoms. The van der Waals surface area contributed by atoms with E-state index in [1.165, 1.54) is 0 Å². The van der Waals surface area contributed by atoms with Crippen LogP contribution in [0, 0.1) is 0 Å². The summed E-state index contributed by atoms with van der Waals surface area (Å²) in [6.45, 7) is 4.30. The van der Waals surface area contributed by atoms with Crippen LogP contribution in [-0.2, 0) is 16.1 Å². The summed E-state index contributed by atoms with van der Waals surface area (Å²) in [6, 6.07) is 17.8. The summed E-state index contributed by atoms with van der Waals surface area (Å²) in [7, 11) is 1.82. The minimum absolute atomic E-state index is 0.0175. The molecular weight excluding hydrogens is 390 g/mol. The average Bonchev–Trinajstić information content (AvgIpc) is 2.77. The molecule has 2 amide bonds. The first-order valence-corrected chi connectivity index (χ1v) is 10.8. The number of aliphatic imine (C=N–C) groups is 1. The Balaban J connectivity index is 1.52. The van der Waals surface area contributed by atoms with Crippen LogP contribution in [0.5, 0.6) is 0 Å². The van der Waals surface area contributed by atoms with E-state index in [0.717, 1.165) is 23.4 Å². The normalized spacial score (nSPS) is 15.6. The van der Waals surface area contributed by atoms with Crippen molar-refractivity contribution in [2.24, 2.45) is 4.99 Å². The van der Waals surface area contributed by atoms with Gasteiger partial charge in [-0.25, -0.2) is 0 Å². The fourth-order valence-corrected chi connectivity index (χ4v) is 3.63. The number of carbonyl (C=O) groups is 2.